The molecule has 1 aromatic carbocycles. The molecule has 34 heavy (non-hydrogen) atoms. The lowest BCUT2D eigenvalue weighted by atomic mass is 9.99. The highest BCUT2D eigenvalue weighted by Gasteiger charge is 2.28. The van der Waals surface area contributed by atoms with Gasteiger partial charge in [-0.2, -0.15) is 0 Å². The second-order valence-corrected chi connectivity index (χ2v) is 9.48. The molecule has 2 amide bonds. The van der Waals surface area contributed by atoms with E-state index in [-0.39, 0.29) is 18.6 Å². The van der Waals surface area contributed by atoms with Gasteiger partial charge in [0.05, 0.1) is 12.2 Å². The van der Waals surface area contributed by atoms with Gasteiger partial charge in [-0.05, 0) is 42.7 Å². The SMILES string of the molecule is CCCc1cccc(OC[C@H](N)CC(C)C)c1C(=O)N[C@@H](CC(C)C)C(=O)N[C@@H](CO)C(=O)O. The van der Waals surface area contributed by atoms with Crippen LogP contribution in [0.1, 0.15) is 69.8 Å². The Morgan fingerprint density at radius 1 is 1.03 bits per heavy atom. The van der Waals surface area contributed by atoms with Crippen LogP contribution in [0.25, 0.3) is 0 Å². The molecule has 9 heteroatoms. The van der Waals surface area contributed by atoms with E-state index in [0.717, 1.165) is 18.4 Å². The number of hydrogen-bond acceptors (Lipinski definition) is 6. The summed E-state index contributed by atoms with van der Waals surface area (Å²) in [6, 6.07) is 2.77. The van der Waals surface area contributed by atoms with E-state index in [1.807, 2.05) is 32.9 Å². The molecule has 0 aliphatic heterocycles. The maximum atomic E-state index is 13.4. The van der Waals surface area contributed by atoms with Gasteiger partial charge in [0, 0.05) is 6.04 Å². The quantitative estimate of drug-likeness (QED) is 0.258. The summed E-state index contributed by atoms with van der Waals surface area (Å²) in [5.41, 5.74) is 7.29. The van der Waals surface area contributed by atoms with E-state index in [2.05, 4.69) is 24.5 Å². The van der Waals surface area contributed by atoms with Crippen LogP contribution in [-0.4, -0.2) is 59.3 Å². The van der Waals surface area contributed by atoms with E-state index in [4.69, 9.17) is 15.6 Å². The number of nitrogens with one attached hydrogen (secondary N) is 2. The molecule has 0 spiro atoms. The second kappa shape index (κ2) is 14.6. The maximum absolute atomic E-state index is 13.4. The van der Waals surface area contributed by atoms with Gasteiger partial charge in [0.25, 0.3) is 5.91 Å². The molecule has 0 unspecified atom stereocenters. The molecule has 1 rings (SSSR count). The van der Waals surface area contributed by atoms with Crippen molar-refractivity contribution in [3.05, 3.63) is 29.3 Å². The Kier molecular flexibility index (Phi) is 12.6. The molecule has 0 saturated heterocycles. The summed E-state index contributed by atoms with van der Waals surface area (Å²) in [5, 5.41) is 23.4. The summed E-state index contributed by atoms with van der Waals surface area (Å²) in [4.78, 5) is 37.4. The van der Waals surface area contributed by atoms with Crippen molar-refractivity contribution >= 4 is 17.8 Å². The van der Waals surface area contributed by atoms with Crippen molar-refractivity contribution in [3.63, 3.8) is 0 Å². The van der Waals surface area contributed by atoms with Gasteiger partial charge in [0.1, 0.15) is 24.4 Å². The monoisotopic (exact) mass is 479 g/mol. The first-order valence-corrected chi connectivity index (χ1v) is 11.9. The van der Waals surface area contributed by atoms with E-state index >= 15 is 0 Å². The molecule has 0 saturated carbocycles. The Balaban J connectivity index is 3.18. The number of hydrogen-bond donors (Lipinski definition) is 5. The van der Waals surface area contributed by atoms with Crippen molar-refractivity contribution in [1.82, 2.24) is 10.6 Å². The van der Waals surface area contributed by atoms with Gasteiger partial charge >= 0.3 is 5.97 Å². The van der Waals surface area contributed by atoms with Crippen LogP contribution < -0.4 is 21.1 Å². The molecule has 0 aliphatic rings. The zero-order valence-corrected chi connectivity index (χ0v) is 21.0. The summed E-state index contributed by atoms with van der Waals surface area (Å²) in [6.07, 6.45) is 2.52. The highest BCUT2D eigenvalue weighted by Crippen LogP contribution is 2.25. The zero-order chi connectivity index (χ0) is 25.8. The van der Waals surface area contributed by atoms with E-state index in [0.29, 0.717) is 30.1 Å². The Morgan fingerprint density at radius 2 is 1.68 bits per heavy atom. The fourth-order valence-corrected chi connectivity index (χ4v) is 3.69. The standard InChI is InChI=1S/C25H41N3O6/c1-6-8-17-9-7-10-21(34-14-18(26)11-15(2)3)22(17)24(31)27-19(12-16(4)5)23(30)28-20(13-29)25(32)33/h7,9-10,15-16,18-20,29H,6,8,11-14,26H2,1-5H3,(H,27,31)(H,28,30)(H,32,33)/t18-,19+,20+/m1/s1. The smallest absolute Gasteiger partial charge is 0.328 e. The van der Waals surface area contributed by atoms with Crippen LogP contribution in [0.3, 0.4) is 0 Å². The molecule has 0 radical (unpaired) electrons. The lowest BCUT2D eigenvalue weighted by Gasteiger charge is -2.24. The van der Waals surface area contributed by atoms with Crippen molar-refractivity contribution in [1.29, 1.82) is 0 Å². The molecule has 0 heterocycles. The number of carbonyl (C=O) groups excluding carboxylic acids is 2. The number of benzene rings is 1. The number of amides is 2. The van der Waals surface area contributed by atoms with E-state index in [1.54, 1.807) is 6.07 Å². The topological polar surface area (TPSA) is 151 Å². The average molecular weight is 480 g/mol. The number of aliphatic hydroxyl groups excluding tert-OH is 1. The molecular formula is C25H41N3O6. The molecule has 9 nitrogen and oxygen atoms in total. The fraction of sp³-hybridized carbons (Fsp3) is 0.640. The first kappa shape index (κ1) is 29.4. The number of carbonyl (C=O) groups is 3. The van der Waals surface area contributed by atoms with Crippen LogP contribution in [0.5, 0.6) is 5.75 Å². The highest BCUT2D eigenvalue weighted by atomic mass is 16.5. The number of carboxylic acid groups (broad SMARTS) is 1. The molecular weight excluding hydrogens is 438 g/mol. The zero-order valence-electron chi connectivity index (χ0n) is 21.0. The van der Waals surface area contributed by atoms with Crippen LogP contribution >= 0.6 is 0 Å². The van der Waals surface area contributed by atoms with Gasteiger partial charge in [0.15, 0.2) is 0 Å². The van der Waals surface area contributed by atoms with Crippen molar-refractivity contribution in [3.8, 4) is 5.75 Å². The molecule has 0 aromatic heterocycles. The highest BCUT2D eigenvalue weighted by molar-refractivity contribution is 6.01. The number of ether oxygens (including phenoxy) is 1. The Morgan fingerprint density at radius 3 is 2.21 bits per heavy atom. The van der Waals surface area contributed by atoms with Crippen LogP contribution in [0.15, 0.2) is 18.2 Å². The molecule has 192 valence electrons. The lowest BCUT2D eigenvalue weighted by molar-refractivity contribution is -0.143. The normalized spacial score (nSPS) is 13.9. The van der Waals surface area contributed by atoms with Gasteiger partial charge < -0.3 is 31.3 Å². The van der Waals surface area contributed by atoms with Crippen LogP contribution in [0.2, 0.25) is 0 Å². The van der Waals surface area contributed by atoms with Crippen LogP contribution in [0, 0.1) is 11.8 Å². The molecule has 0 aliphatic carbocycles. The Bertz CT molecular complexity index is 812. The van der Waals surface area contributed by atoms with Crippen LogP contribution in [0.4, 0.5) is 0 Å². The van der Waals surface area contributed by atoms with Crippen LogP contribution in [-0.2, 0) is 16.0 Å². The largest absolute Gasteiger partial charge is 0.491 e. The summed E-state index contributed by atoms with van der Waals surface area (Å²) < 4.78 is 5.95. The predicted molar refractivity (Wildman–Crippen MR) is 131 cm³/mol. The molecule has 3 atom stereocenters. The second-order valence-electron chi connectivity index (χ2n) is 9.48. The van der Waals surface area contributed by atoms with Gasteiger partial charge in [0.2, 0.25) is 5.91 Å². The lowest BCUT2D eigenvalue weighted by Crippen LogP contribution is -2.53. The number of nitrogens with two attached hydrogens (primary N) is 1. The summed E-state index contributed by atoms with van der Waals surface area (Å²) in [5.74, 6) is -1.65. The fourth-order valence-electron chi connectivity index (χ4n) is 3.69. The van der Waals surface area contributed by atoms with Crippen molar-refractivity contribution < 1.29 is 29.3 Å². The molecule has 1 aromatic rings. The van der Waals surface area contributed by atoms with Gasteiger partial charge in [-0.15, -0.1) is 0 Å². The number of aliphatic hydroxyl groups is 1. The van der Waals surface area contributed by atoms with Gasteiger partial charge in [-0.1, -0.05) is 53.2 Å². The summed E-state index contributed by atoms with van der Waals surface area (Å²) in [6.45, 7) is 9.44. The van der Waals surface area contributed by atoms with Crippen molar-refractivity contribution in [2.75, 3.05) is 13.2 Å². The Hall–Kier alpha value is -2.65. The van der Waals surface area contributed by atoms with Crippen molar-refractivity contribution in [2.24, 2.45) is 17.6 Å². The minimum Gasteiger partial charge on any atom is -0.491 e. The first-order valence-electron chi connectivity index (χ1n) is 11.9. The average Bonchev–Trinajstić information content (AvgIpc) is 2.74. The number of carboxylic acids is 1. The number of aliphatic carboxylic acids is 1. The Labute approximate surface area is 202 Å². The maximum Gasteiger partial charge on any atom is 0.328 e. The van der Waals surface area contributed by atoms with Crippen molar-refractivity contribution in [2.45, 2.75) is 78.4 Å². The predicted octanol–water partition coefficient (Wildman–Crippen LogP) is 2.10. The third-order valence-electron chi connectivity index (χ3n) is 5.21. The molecule has 6 N–H and O–H groups in total. The van der Waals surface area contributed by atoms with E-state index in [1.165, 1.54) is 0 Å². The van der Waals surface area contributed by atoms with E-state index < -0.39 is 36.5 Å². The van der Waals surface area contributed by atoms with E-state index in [9.17, 15) is 19.5 Å². The van der Waals surface area contributed by atoms with Gasteiger partial charge in [-0.3, -0.25) is 9.59 Å². The summed E-state index contributed by atoms with van der Waals surface area (Å²) in [7, 11) is 0. The molecule has 0 bridgehead atoms. The minimum atomic E-state index is -1.45. The molecule has 0 fully saturated rings. The third kappa shape index (κ3) is 9.69. The summed E-state index contributed by atoms with van der Waals surface area (Å²) >= 11 is 0. The third-order valence-corrected chi connectivity index (χ3v) is 5.21. The number of rotatable bonds is 15. The first-order chi connectivity index (χ1) is 16.0. The number of aryl methyl sites for hydroxylation is 1. The van der Waals surface area contributed by atoms with Gasteiger partial charge in [-0.25, -0.2) is 4.79 Å². The minimum absolute atomic E-state index is 0.0455.